The lowest BCUT2D eigenvalue weighted by Crippen LogP contribution is -2.49. The Labute approximate surface area is 118 Å². The van der Waals surface area contributed by atoms with E-state index in [-0.39, 0.29) is 0 Å². The van der Waals surface area contributed by atoms with E-state index < -0.39 is 0 Å². The van der Waals surface area contributed by atoms with Crippen molar-refractivity contribution in [2.45, 2.75) is 46.1 Å². The summed E-state index contributed by atoms with van der Waals surface area (Å²) in [6, 6.07) is 0. The van der Waals surface area contributed by atoms with Gasteiger partial charge in [0.15, 0.2) is 0 Å². The Bertz CT molecular complexity index is 198. The minimum atomic E-state index is 0.532. The number of likely N-dealkylation sites (tertiary alicyclic amines) is 1. The molecule has 0 atom stereocenters. The summed E-state index contributed by atoms with van der Waals surface area (Å²) in [5, 5.41) is 3.26. The Hall–Kier alpha value is -0.450. The third-order valence-electron chi connectivity index (χ3n) is 3.32. The van der Waals surface area contributed by atoms with Gasteiger partial charge in [0.05, 0.1) is 6.10 Å². The normalized spacial score (nSPS) is 20.4. The van der Waals surface area contributed by atoms with Crippen LogP contribution in [0.3, 0.4) is 0 Å². The van der Waals surface area contributed by atoms with Crippen LogP contribution in [0.5, 0.6) is 0 Å². The lowest BCUT2D eigenvalue weighted by Gasteiger charge is -2.35. The molecule has 0 bridgehead atoms. The zero-order chi connectivity index (χ0) is 14.5. The van der Waals surface area contributed by atoms with Crippen molar-refractivity contribution in [1.29, 1.82) is 0 Å². The van der Waals surface area contributed by atoms with E-state index in [1.165, 1.54) is 12.8 Å². The summed E-state index contributed by atoms with van der Waals surface area (Å²) in [7, 11) is 2.11. The van der Waals surface area contributed by atoms with Crippen LogP contribution in [0.4, 0.5) is 0 Å². The van der Waals surface area contributed by atoms with Crippen molar-refractivity contribution >= 4 is 6.29 Å². The molecule has 0 aromatic heterocycles. The van der Waals surface area contributed by atoms with Crippen LogP contribution >= 0.6 is 0 Å². The maximum atomic E-state index is 10.1. The summed E-state index contributed by atoms with van der Waals surface area (Å²) in [5.74, 6) is 0.670. The molecule has 0 aromatic carbocycles. The lowest BCUT2D eigenvalue weighted by atomic mass is 9.96. The molecule has 0 unspecified atom stereocenters. The maximum absolute atomic E-state index is 10.1. The standard InChI is InChI=1S/C7H13NO.C6H13NO.C2H6/c9-6-3-7-1-4-8-5-2-7;1-3-8-6-4-7(2)5-6;1-2/h6-8H,1-5H2;6H,3-5H2,1-2H3;1-2H3. The second-order valence-corrected chi connectivity index (χ2v) is 4.89. The first-order valence-electron chi connectivity index (χ1n) is 7.70. The Kier molecular flexibility index (Phi) is 12.3. The van der Waals surface area contributed by atoms with E-state index in [1.54, 1.807) is 0 Å². The number of carbonyl (C=O) groups is 1. The fraction of sp³-hybridized carbons (Fsp3) is 0.933. The predicted octanol–water partition coefficient (Wildman–Crippen LogP) is 1.94. The highest BCUT2D eigenvalue weighted by molar-refractivity contribution is 5.49. The monoisotopic (exact) mass is 272 g/mol. The highest BCUT2D eigenvalue weighted by Gasteiger charge is 2.22. The molecule has 2 aliphatic heterocycles. The van der Waals surface area contributed by atoms with Gasteiger partial charge >= 0.3 is 0 Å². The SMILES string of the molecule is CC.CCOC1CN(C)C1.O=CCC1CCNCC1. The number of piperidine rings is 1. The average molecular weight is 272 g/mol. The van der Waals surface area contributed by atoms with Gasteiger partial charge in [-0.05, 0) is 45.8 Å². The van der Waals surface area contributed by atoms with Crippen molar-refractivity contribution in [1.82, 2.24) is 10.2 Å². The van der Waals surface area contributed by atoms with Crippen LogP contribution in [-0.2, 0) is 9.53 Å². The third kappa shape index (κ3) is 9.14. The van der Waals surface area contributed by atoms with Crippen LogP contribution in [0.25, 0.3) is 0 Å². The fourth-order valence-electron chi connectivity index (χ4n) is 2.24. The van der Waals surface area contributed by atoms with Gasteiger partial charge in [-0.15, -0.1) is 0 Å². The van der Waals surface area contributed by atoms with Gasteiger partial charge in [0.2, 0.25) is 0 Å². The first-order chi connectivity index (χ1) is 9.26. The van der Waals surface area contributed by atoms with Crippen LogP contribution in [-0.4, -0.2) is 57.1 Å². The van der Waals surface area contributed by atoms with Crippen molar-refractivity contribution in [3.05, 3.63) is 0 Å². The summed E-state index contributed by atoms with van der Waals surface area (Å²) in [5.41, 5.74) is 0. The van der Waals surface area contributed by atoms with Gasteiger partial charge in [-0.3, -0.25) is 0 Å². The van der Waals surface area contributed by atoms with E-state index in [0.29, 0.717) is 12.0 Å². The molecular formula is C15H32N2O2. The van der Waals surface area contributed by atoms with Crippen molar-refractivity contribution in [3.63, 3.8) is 0 Å². The third-order valence-corrected chi connectivity index (χ3v) is 3.32. The van der Waals surface area contributed by atoms with Crippen molar-refractivity contribution in [2.75, 3.05) is 39.8 Å². The number of carbonyl (C=O) groups excluding carboxylic acids is 1. The fourth-order valence-corrected chi connectivity index (χ4v) is 2.24. The molecule has 4 nitrogen and oxygen atoms in total. The second kappa shape index (κ2) is 12.6. The molecular weight excluding hydrogens is 240 g/mol. The summed E-state index contributed by atoms with van der Waals surface area (Å²) in [6.07, 6.45) is 4.69. The number of nitrogens with one attached hydrogen (secondary N) is 1. The minimum absolute atomic E-state index is 0.532. The summed E-state index contributed by atoms with van der Waals surface area (Å²) in [4.78, 5) is 12.3. The number of hydrogen-bond donors (Lipinski definition) is 1. The molecule has 2 aliphatic rings. The molecule has 4 heteroatoms. The van der Waals surface area contributed by atoms with Crippen LogP contribution in [0, 0.1) is 5.92 Å². The van der Waals surface area contributed by atoms with Crippen LogP contribution in [0.15, 0.2) is 0 Å². The zero-order valence-electron chi connectivity index (χ0n) is 13.2. The van der Waals surface area contributed by atoms with Gasteiger partial charge in [0.25, 0.3) is 0 Å². The van der Waals surface area contributed by atoms with E-state index in [4.69, 9.17) is 4.74 Å². The molecule has 2 fully saturated rings. The van der Waals surface area contributed by atoms with Gasteiger partial charge in [0.1, 0.15) is 6.29 Å². The number of likely N-dealkylation sites (N-methyl/N-ethyl adjacent to an activating group) is 1. The summed E-state index contributed by atoms with van der Waals surface area (Å²) >= 11 is 0. The molecule has 0 amide bonds. The van der Waals surface area contributed by atoms with E-state index in [1.807, 2.05) is 20.8 Å². The smallest absolute Gasteiger partial charge is 0.120 e. The topological polar surface area (TPSA) is 41.6 Å². The summed E-state index contributed by atoms with van der Waals surface area (Å²) in [6.45, 7) is 11.3. The lowest BCUT2D eigenvalue weighted by molar-refractivity contribution is -0.108. The first-order valence-corrected chi connectivity index (χ1v) is 7.70. The van der Waals surface area contributed by atoms with E-state index in [0.717, 1.165) is 45.5 Å². The molecule has 0 spiro atoms. The number of rotatable bonds is 4. The van der Waals surface area contributed by atoms with E-state index in [9.17, 15) is 4.79 Å². The van der Waals surface area contributed by atoms with Gasteiger partial charge in [0, 0.05) is 26.1 Å². The molecule has 0 aliphatic carbocycles. The Morgan fingerprint density at radius 3 is 2.26 bits per heavy atom. The average Bonchev–Trinajstić information content (AvgIpc) is 2.42. The number of nitrogens with zero attached hydrogens (tertiary/aromatic N) is 1. The predicted molar refractivity (Wildman–Crippen MR) is 80.5 cm³/mol. The molecule has 19 heavy (non-hydrogen) atoms. The molecule has 114 valence electrons. The molecule has 1 N–H and O–H groups in total. The first kappa shape index (κ1) is 18.6. The largest absolute Gasteiger partial charge is 0.376 e. The van der Waals surface area contributed by atoms with Crippen LogP contribution in [0.2, 0.25) is 0 Å². The number of aldehydes is 1. The minimum Gasteiger partial charge on any atom is -0.376 e. The Balaban J connectivity index is 0.000000303. The van der Waals surface area contributed by atoms with Crippen molar-refractivity contribution in [2.24, 2.45) is 5.92 Å². The molecule has 0 radical (unpaired) electrons. The van der Waals surface area contributed by atoms with Crippen LogP contribution < -0.4 is 5.32 Å². The molecule has 2 heterocycles. The van der Waals surface area contributed by atoms with Crippen molar-refractivity contribution < 1.29 is 9.53 Å². The van der Waals surface area contributed by atoms with Gasteiger partial charge < -0.3 is 19.7 Å². The van der Waals surface area contributed by atoms with Crippen molar-refractivity contribution in [3.8, 4) is 0 Å². The summed E-state index contributed by atoms with van der Waals surface area (Å²) < 4.78 is 5.31. The Morgan fingerprint density at radius 2 is 1.84 bits per heavy atom. The van der Waals surface area contributed by atoms with E-state index in [2.05, 4.69) is 17.3 Å². The maximum Gasteiger partial charge on any atom is 0.120 e. The van der Waals surface area contributed by atoms with Gasteiger partial charge in [-0.25, -0.2) is 0 Å². The molecule has 0 saturated carbocycles. The highest BCUT2D eigenvalue weighted by Crippen LogP contribution is 2.13. The molecule has 2 saturated heterocycles. The quantitative estimate of drug-likeness (QED) is 0.794. The van der Waals surface area contributed by atoms with Crippen LogP contribution in [0.1, 0.15) is 40.0 Å². The second-order valence-electron chi connectivity index (χ2n) is 4.89. The number of ether oxygens (including phenoxy) is 1. The van der Waals surface area contributed by atoms with E-state index >= 15 is 0 Å². The zero-order valence-corrected chi connectivity index (χ0v) is 13.2. The number of hydrogen-bond acceptors (Lipinski definition) is 4. The van der Waals surface area contributed by atoms with Gasteiger partial charge in [-0.2, -0.15) is 0 Å². The highest BCUT2D eigenvalue weighted by atomic mass is 16.5. The Morgan fingerprint density at radius 1 is 1.26 bits per heavy atom. The molecule has 2 rings (SSSR count). The molecule has 0 aromatic rings. The van der Waals surface area contributed by atoms with Gasteiger partial charge in [-0.1, -0.05) is 13.8 Å².